The average molecular weight is 223 g/mol. The van der Waals surface area contributed by atoms with Gasteiger partial charge in [0.15, 0.2) is 0 Å². The fourth-order valence-electron chi connectivity index (χ4n) is 1.63. The number of aryl methyl sites for hydroxylation is 1. The van der Waals surface area contributed by atoms with Gasteiger partial charge in [-0.2, -0.15) is 0 Å². The van der Waals surface area contributed by atoms with E-state index in [2.05, 4.69) is 4.98 Å². The average Bonchev–Trinajstić information content (AvgIpc) is 2.45. The SMILES string of the molecule is Cc1c(C)n(C=C=O)c2cccnc12.Cl. The molecular weight excluding hydrogens is 212 g/mol. The predicted octanol–water partition coefficient (Wildman–Crippen LogP) is 2.38. The highest BCUT2D eigenvalue weighted by atomic mass is 35.5. The van der Waals surface area contributed by atoms with Crippen molar-refractivity contribution in [2.75, 3.05) is 0 Å². The molecule has 78 valence electrons. The normalized spacial score (nSPS) is 9.47. The lowest BCUT2D eigenvalue weighted by Crippen LogP contribution is -1.89. The lowest BCUT2D eigenvalue weighted by molar-refractivity contribution is 0.569. The predicted molar refractivity (Wildman–Crippen MR) is 62.9 cm³/mol. The summed E-state index contributed by atoms with van der Waals surface area (Å²) in [5.41, 5.74) is 4.02. The molecule has 0 aliphatic rings. The Labute approximate surface area is 93.8 Å². The summed E-state index contributed by atoms with van der Waals surface area (Å²) in [4.78, 5) is 14.6. The van der Waals surface area contributed by atoms with E-state index < -0.39 is 0 Å². The molecule has 0 fully saturated rings. The van der Waals surface area contributed by atoms with Crippen molar-refractivity contribution in [1.29, 1.82) is 0 Å². The zero-order valence-electron chi connectivity index (χ0n) is 8.52. The van der Waals surface area contributed by atoms with E-state index >= 15 is 0 Å². The van der Waals surface area contributed by atoms with Gasteiger partial charge in [0, 0.05) is 11.9 Å². The fraction of sp³-hybridized carbons (Fsp3) is 0.182. The lowest BCUT2D eigenvalue weighted by atomic mass is 10.2. The molecule has 2 aromatic rings. The van der Waals surface area contributed by atoms with Gasteiger partial charge < -0.3 is 4.57 Å². The van der Waals surface area contributed by atoms with Gasteiger partial charge in [0.2, 0.25) is 0 Å². The molecule has 0 saturated carbocycles. The van der Waals surface area contributed by atoms with Crippen molar-refractivity contribution in [2.45, 2.75) is 13.8 Å². The molecule has 0 atom stereocenters. The van der Waals surface area contributed by atoms with Gasteiger partial charge in [0.05, 0.1) is 17.2 Å². The molecule has 2 heterocycles. The summed E-state index contributed by atoms with van der Waals surface area (Å²) in [6, 6.07) is 3.80. The fourth-order valence-corrected chi connectivity index (χ4v) is 1.63. The molecule has 0 spiro atoms. The molecule has 0 N–H and O–H groups in total. The number of aromatic nitrogens is 2. The van der Waals surface area contributed by atoms with E-state index in [1.165, 1.54) is 6.20 Å². The highest BCUT2D eigenvalue weighted by Gasteiger charge is 2.08. The number of pyridine rings is 1. The minimum Gasteiger partial charge on any atom is -0.309 e. The molecule has 15 heavy (non-hydrogen) atoms. The molecule has 2 aromatic heterocycles. The van der Waals surface area contributed by atoms with Crippen molar-refractivity contribution in [3.05, 3.63) is 29.6 Å². The van der Waals surface area contributed by atoms with Gasteiger partial charge in [-0.15, -0.1) is 12.4 Å². The molecule has 0 aliphatic carbocycles. The minimum atomic E-state index is 0. The molecule has 4 heteroatoms. The Morgan fingerprint density at radius 3 is 2.87 bits per heavy atom. The van der Waals surface area contributed by atoms with Crippen LogP contribution in [0.3, 0.4) is 0 Å². The van der Waals surface area contributed by atoms with E-state index in [-0.39, 0.29) is 12.4 Å². The maximum atomic E-state index is 10.4. The molecule has 0 saturated heterocycles. The summed E-state index contributed by atoms with van der Waals surface area (Å²) in [5, 5.41) is 0. The Hall–Kier alpha value is -1.57. The molecule has 0 amide bonds. The topological polar surface area (TPSA) is 34.9 Å². The molecule has 0 unspecified atom stereocenters. The van der Waals surface area contributed by atoms with Crippen molar-refractivity contribution in [2.24, 2.45) is 0 Å². The van der Waals surface area contributed by atoms with Crippen LogP contribution in [0.15, 0.2) is 18.3 Å². The van der Waals surface area contributed by atoms with Crippen molar-refractivity contribution in [3.63, 3.8) is 0 Å². The standard InChI is InChI=1S/C11H10N2O.ClH/c1-8-9(2)13(6-7-14)10-4-3-5-12-11(8)10;/h3-6H,1-2H3;1H. The Balaban J connectivity index is 0.00000112. The van der Waals surface area contributed by atoms with Crippen LogP contribution in [0.4, 0.5) is 0 Å². The highest BCUT2D eigenvalue weighted by Crippen LogP contribution is 2.22. The number of hydrogen-bond acceptors (Lipinski definition) is 2. The third-order valence-corrected chi connectivity index (χ3v) is 2.49. The summed E-state index contributed by atoms with van der Waals surface area (Å²) in [6.45, 7) is 3.96. The zero-order chi connectivity index (χ0) is 10.1. The van der Waals surface area contributed by atoms with Gasteiger partial charge in [0.25, 0.3) is 0 Å². The second kappa shape index (κ2) is 4.30. The first-order chi connectivity index (χ1) is 6.75. The maximum Gasteiger partial charge on any atom is 0.142 e. The third-order valence-electron chi connectivity index (χ3n) is 2.49. The minimum absolute atomic E-state index is 0. The molecule has 0 aromatic carbocycles. The first-order valence-corrected chi connectivity index (χ1v) is 4.39. The summed E-state index contributed by atoms with van der Waals surface area (Å²) in [5.74, 6) is 1.79. The van der Waals surface area contributed by atoms with Crippen molar-refractivity contribution < 1.29 is 4.79 Å². The van der Waals surface area contributed by atoms with Gasteiger partial charge in [-0.05, 0) is 31.5 Å². The highest BCUT2D eigenvalue weighted by molar-refractivity contribution is 5.85. The van der Waals surface area contributed by atoms with Crippen LogP contribution in [0.1, 0.15) is 11.3 Å². The van der Waals surface area contributed by atoms with Crippen LogP contribution in [0.25, 0.3) is 17.2 Å². The molecule has 0 aliphatic heterocycles. The Bertz CT molecular complexity index is 539. The second-order valence-electron chi connectivity index (χ2n) is 3.20. The quantitative estimate of drug-likeness (QED) is 0.695. The van der Waals surface area contributed by atoms with Crippen LogP contribution in [0, 0.1) is 13.8 Å². The molecule has 0 bridgehead atoms. The Kier molecular flexibility index (Phi) is 3.30. The molecule has 3 nitrogen and oxygen atoms in total. The first-order valence-electron chi connectivity index (χ1n) is 4.39. The van der Waals surface area contributed by atoms with Gasteiger partial charge in [-0.25, -0.2) is 4.79 Å². The van der Waals surface area contributed by atoms with Crippen LogP contribution >= 0.6 is 12.4 Å². The van der Waals surface area contributed by atoms with Gasteiger partial charge in [-0.3, -0.25) is 4.98 Å². The van der Waals surface area contributed by atoms with Gasteiger partial charge >= 0.3 is 0 Å². The third kappa shape index (κ3) is 1.67. The van der Waals surface area contributed by atoms with Crippen molar-refractivity contribution in [3.8, 4) is 0 Å². The number of nitrogens with zero attached hydrogens (tertiary/aromatic N) is 2. The smallest absolute Gasteiger partial charge is 0.142 e. The van der Waals surface area contributed by atoms with Gasteiger partial charge in [0.1, 0.15) is 5.94 Å². The monoisotopic (exact) mass is 222 g/mol. The first kappa shape index (κ1) is 11.5. The van der Waals surface area contributed by atoms with Crippen LogP contribution in [-0.4, -0.2) is 15.5 Å². The molecule has 2 rings (SSSR count). The van der Waals surface area contributed by atoms with Crippen molar-refractivity contribution >= 4 is 35.6 Å². The van der Waals surface area contributed by atoms with E-state index in [1.54, 1.807) is 12.1 Å². The van der Waals surface area contributed by atoms with Crippen LogP contribution in [0.5, 0.6) is 0 Å². The van der Waals surface area contributed by atoms with Crippen LogP contribution in [-0.2, 0) is 4.79 Å². The van der Waals surface area contributed by atoms with Crippen molar-refractivity contribution in [1.82, 2.24) is 9.55 Å². The van der Waals surface area contributed by atoms with E-state index in [9.17, 15) is 4.79 Å². The van der Waals surface area contributed by atoms with Crippen LogP contribution < -0.4 is 0 Å². The number of rotatable bonds is 1. The van der Waals surface area contributed by atoms with Gasteiger partial charge in [-0.1, -0.05) is 0 Å². The Morgan fingerprint density at radius 1 is 1.47 bits per heavy atom. The van der Waals surface area contributed by atoms with Crippen LogP contribution in [0.2, 0.25) is 0 Å². The molecular formula is C11H11ClN2O. The van der Waals surface area contributed by atoms with E-state index in [0.29, 0.717) is 0 Å². The maximum absolute atomic E-state index is 10.4. The molecule has 0 radical (unpaired) electrons. The number of hydrogen-bond donors (Lipinski definition) is 0. The number of halogens is 1. The summed E-state index contributed by atoms with van der Waals surface area (Å²) >= 11 is 0. The van der Waals surface area contributed by atoms with E-state index in [4.69, 9.17) is 0 Å². The summed E-state index contributed by atoms with van der Waals surface area (Å²) in [7, 11) is 0. The van der Waals surface area contributed by atoms with E-state index in [0.717, 1.165) is 22.3 Å². The second-order valence-corrected chi connectivity index (χ2v) is 3.20. The number of fused-ring (bicyclic) bond motifs is 1. The lowest BCUT2D eigenvalue weighted by Gasteiger charge is -1.96. The summed E-state index contributed by atoms with van der Waals surface area (Å²) in [6.07, 6.45) is 3.15. The van der Waals surface area contributed by atoms with E-state index in [1.807, 2.05) is 30.5 Å². The number of carbonyl (C=O) groups excluding carboxylic acids is 1. The zero-order valence-corrected chi connectivity index (χ0v) is 9.34. The largest absolute Gasteiger partial charge is 0.309 e. The Morgan fingerprint density at radius 2 is 2.20 bits per heavy atom. The summed E-state index contributed by atoms with van der Waals surface area (Å²) < 4.78 is 1.81.